The van der Waals surface area contributed by atoms with E-state index in [4.69, 9.17) is 10.4 Å². The molecule has 0 bridgehead atoms. The Morgan fingerprint density at radius 1 is 1.48 bits per heavy atom. The summed E-state index contributed by atoms with van der Waals surface area (Å²) in [4.78, 5) is 22.3. The van der Waals surface area contributed by atoms with Gasteiger partial charge in [-0.1, -0.05) is 34.1 Å². The number of aliphatic carboxylic acids is 1. The largest absolute Gasteiger partial charge is 0.480 e. The molecule has 0 aromatic heterocycles. The maximum atomic E-state index is 11.7. The van der Waals surface area contributed by atoms with E-state index in [9.17, 15) is 9.59 Å². The summed E-state index contributed by atoms with van der Waals surface area (Å²) < 4.78 is 0.911. The van der Waals surface area contributed by atoms with Gasteiger partial charge in [0, 0.05) is 17.2 Å². The molecule has 0 aliphatic rings. The molecule has 1 atom stereocenters. The third-order valence-electron chi connectivity index (χ3n) is 2.58. The normalized spacial score (nSPS) is 12.1. The van der Waals surface area contributed by atoms with Crippen molar-refractivity contribution in [1.29, 1.82) is 5.26 Å². The second-order valence-corrected chi connectivity index (χ2v) is 5.03. The predicted octanol–water partition coefficient (Wildman–Crippen LogP) is 1.54. The van der Waals surface area contributed by atoms with Crippen molar-refractivity contribution in [1.82, 2.24) is 10.6 Å². The zero-order chi connectivity index (χ0) is 15.8. The molecule has 21 heavy (non-hydrogen) atoms. The molecule has 1 amide bonds. The summed E-state index contributed by atoms with van der Waals surface area (Å²) in [6.45, 7) is 1.75. The van der Waals surface area contributed by atoms with Crippen molar-refractivity contribution in [2.45, 2.75) is 19.5 Å². The lowest BCUT2D eigenvalue weighted by Gasteiger charge is -2.09. The fraction of sp³-hybridized carbons (Fsp3) is 0.214. The van der Waals surface area contributed by atoms with Crippen LogP contribution in [0.3, 0.4) is 0 Å². The van der Waals surface area contributed by atoms with Crippen molar-refractivity contribution in [2.75, 3.05) is 0 Å². The topological polar surface area (TPSA) is 102 Å². The van der Waals surface area contributed by atoms with Crippen LogP contribution in [0, 0.1) is 11.3 Å². The predicted molar refractivity (Wildman–Crippen MR) is 79.9 cm³/mol. The van der Waals surface area contributed by atoms with Gasteiger partial charge in [-0.15, -0.1) is 0 Å². The van der Waals surface area contributed by atoms with Crippen LogP contribution >= 0.6 is 15.9 Å². The highest BCUT2D eigenvalue weighted by Gasteiger charge is 2.16. The molecule has 6 nitrogen and oxygen atoms in total. The molecule has 0 fully saturated rings. The minimum atomic E-state index is -1.16. The van der Waals surface area contributed by atoms with E-state index < -0.39 is 17.9 Å². The monoisotopic (exact) mass is 351 g/mol. The minimum Gasteiger partial charge on any atom is -0.480 e. The lowest BCUT2D eigenvalue weighted by atomic mass is 10.2. The van der Waals surface area contributed by atoms with Crippen LogP contribution in [0.5, 0.6) is 0 Å². The average molecular weight is 352 g/mol. The molecule has 1 aromatic rings. The molecule has 1 rings (SSSR count). The number of carbonyl (C=O) groups excluding carboxylic acids is 1. The Morgan fingerprint density at radius 3 is 2.71 bits per heavy atom. The van der Waals surface area contributed by atoms with Gasteiger partial charge in [-0.05, 0) is 18.6 Å². The summed E-state index contributed by atoms with van der Waals surface area (Å²) in [5.74, 6) is -1.89. The van der Waals surface area contributed by atoms with Gasteiger partial charge in [-0.2, -0.15) is 5.26 Å². The SMILES string of the molecule is CC(NC(=O)/C(C#N)=C\NCc1ccccc1Br)C(=O)O. The molecule has 0 radical (unpaired) electrons. The number of nitriles is 1. The van der Waals surface area contributed by atoms with Crippen molar-refractivity contribution < 1.29 is 14.7 Å². The first-order valence-electron chi connectivity index (χ1n) is 6.06. The molecule has 0 spiro atoms. The number of carboxylic acid groups (broad SMARTS) is 1. The van der Waals surface area contributed by atoms with E-state index in [1.165, 1.54) is 13.1 Å². The molecule has 110 valence electrons. The van der Waals surface area contributed by atoms with E-state index >= 15 is 0 Å². The Labute approximate surface area is 130 Å². The van der Waals surface area contributed by atoms with Crippen molar-refractivity contribution in [3.05, 3.63) is 46.1 Å². The van der Waals surface area contributed by atoms with Crippen molar-refractivity contribution in [3.8, 4) is 6.07 Å². The maximum absolute atomic E-state index is 11.7. The summed E-state index contributed by atoms with van der Waals surface area (Å²) in [7, 11) is 0. The Bertz CT molecular complexity index is 608. The fourth-order valence-electron chi connectivity index (χ4n) is 1.39. The Morgan fingerprint density at radius 2 is 2.14 bits per heavy atom. The molecule has 7 heteroatoms. The molecular formula is C14H14BrN3O3. The molecule has 1 unspecified atom stereocenters. The lowest BCUT2D eigenvalue weighted by Crippen LogP contribution is -2.39. The molecule has 1 aromatic carbocycles. The van der Waals surface area contributed by atoms with Gasteiger partial charge in [0.25, 0.3) is 5.91 Å². The first-order chi connectivity index (χ1) is 9.95. The first-order valence-corrected chi connectivity index (χ1v) is 6.85. The fourth-order valence-corrected chi connectivity index (χ4v) is 1.81. The number of carbonyl (C=O) groups is 2. The van der Waals surface area contributed by atoms with Gasteiger partial charge in [-0.25, -0.2) is 0 Å². The number of rotatable bonds is 6. The maximum Gasteiger partial charge on any atom is 0.325 e. The first kappa shape index (κ1) is 16.7. The van der Waals surface area contributed by atoms with Gasteiger partial charge in [-0.3, -0.25) is 9.59 Å². The van der Waals surface area contributed by atoms with Crippen LogP contribution in [0.1, 0.15) is 12.5 Å². The molecule has 0 saturated carbocycles. The number of hydrogen-bond acceptors (Lipinski definition) is 4. The van der Waals surface area contributed by atoms with E-state index in [0.717, 1.165) is 10.0 Å². The Kier molecular flexibility index (Phi) is 6.43. The third kappa shape index (κ3) is 5.28. The lowest BCUT2D eigenvalue weighted by molar-refractivity contribution is -0.140. The standard InChI is InChI=1S/C14H14BrN3O3/c1-9(14(20)21)18-13(19)11(6-16)8-17-7-10-4-2-3-5-12(10)15/h2-5,8-9,17H,7H2,1H3,(H,18,19)(H,20,21)/b11-8-. The van der Waals surface area contributed by atoms with Crippen LogP contribution in [0.2, 0.25) is 0 Å². The van der Waals surface area contributed by atoms with E-state index in [2.05, 4.69) is 26.6 Å². The summed E-state index contributed by atoms with van der Waals surface area (Å²) in [5, 5.41) is 22.7. The summed E-state index contributed by atoms with van der Waals surface area (Å²) in [5.41, 5.74) is 0.778. The van der Waals surface area contributed by atoms with Crippen LogP contribution in [0.25, 0.3) is 0 Å². The molecular weight excluding hydrogens is 338 g/mol. The molecule has 0 saturated heterocycles. The average Bonchev–Trinajstić information content (AvgIpc) is 2.45. The number of hydrogen-bond donors (Lipinski definition) is 3. The number of carboxylic acids is 1. The van der Waals surface area contributed by atoms with Crippen molar-refractivity contribution >= 4 is 27.8 Å². The van der Waals surface area contributed by atoms with Gasteiger partial charge in [0.05, 0.1) is 0 Å². The van der Waals surface area contributed by atoms with Gasteiger partial charge >= 0.3 is 5.97 Å². The highest BCUT2D eigenvalue weighted by Crippen LogP contribution is 2.15. The van der Waals surface area contributed by atoms with Crippen molar-refractivity contribution in [3.63, 3.8) is 0 Å². The molecule has 0 aliphatic carbocycles. The Balaban J connectivity index is 2.64. The van der Waals surface area contributed by atoms with Gasteiger partial charge < -0.3 is 15.7 Å². The van der Waals surface area contributed by atoms with E-state index in [-0.39, 0.29) is 5.57 Å². The van der Waals surface area contributed by atoms with Gasteiger partial charge in [0.1, 0.15) is 17.7 Å². The van der Waals surface area contributed by atoms with E-state index in [1.807, 2.05) is 24.3 Å². The quantitative estimate of drug-likeness (QED) is 0.532. The second-order valence-electron chi connectivity index (χ2n) is 4.18. The zero-order valence-electron chi connectivity index (χ0n) is 11.3. The zero-order valence-corrected chi connectivity index (χ0v) is 12.8. The third-order valence-corrected chi connectivity index (χ3v) is 3.35. The Hall–Kier alpha value is -2.33. The minimum absolute atomic E-state index is 0.185. The molecule has 0 aliphatic heterocycles. The van der Waals surface area contributed by atoms with Crippen LogP contribution < -0.4 is 10.6 Å². The highest BCUT2D eigenvalue weighted by molar-refractivity contribution is 9.10. The summed E-state index contributed by atoms with van der Waals surface area (Å²) in [6.07, 6.45) is 1.27. The van der Waals surface area contributed by atoms with Crippen LogP contribution in [-0.2, 0) is 16.1 Å². The highest BCUT2D eigenvalue weighted by atomic mass is 79.9. The number of benzene rings is 1. The number of nitrogens with zero attached hydrogens (tertiary/aromatic N) is 1. The van der Waals surface area contributed by atoms with E-state index in [0.29, 0.717) is 6.54 Å². The molecule has 0 heterocycles. The van der Waals surface area contributed by atoms with Crippen LogP contribution in [-0.4, -0.2) is 23.0 Å². The summed E-state index contributed by atoms with van der Waals surface area (Å²) in [6, 6.07) is 8.20. The number of halogens is 1. The van der Waals surface area contributed by atoms with Crippen molar-refractivity contribution in [2.24, 2.45) is 0 Å². The van der Waals surface area contributed by atoms with Gasteiger partial charge in [0.2, 0.25) is 0 Å². The van der Waals surface area contributed by atoms with E-state index in [1.54, 1.807) is 6.07 Å². The van der Waals surface area contributed by atoms with Crippen LogP contribution in [0.4, 0.5) is 0 Å². The molecule has 3 N–H and O–H groups in total. The summed E-state index contributed by atoms with van der Waals surface area (Å²) >= 11 is 3.39. The number of amides is 1. The number of nitrogens with one attached hydrogen (secondary N) is 2. The second kappa shape index (κ2) is 8.07. The smallest absolute Gasteiger partial charge is 0.325 e. The van der Waals surface area contributed by atoms with Gasteiger partial charge in [0.15, 0.2) is 0 Å². The van der Waals surface area contributed by atoms with Crippen LogP contribution in [0.15, 0.2) is 40.5 Å².